The minimum atomic E-state index is -3.16. The van der Waals surface area contributed by atoms with Gasteiger partial charge in [0.1, 0.15) is 0 Å². The highest BCUT2D eigenvalue weighted by atomic mass is 32.2. The number of aryl methyl sites for hydroxylation is 2. The average Bonchev–Trinajstić information content (AvgIpc) is 2.70. The molecule has 2 aliphatic rings. The first-order valence-corrected chi connectivity index (χ1v) is 10.2. The number of sulfonamides is 1. The fourth-order valence-corrected chi connectivity index (χ4v) is 5.92. The Kier molecular flexibility index (Phi) is 4.97. The maximum absolute atomic E-state index is 12.5. The first-order chi connectivity index (χ1) is 11.4. The van der Waals surface area contributed by atoms with Crippen LogP contribution in [-0.2, 0) is 21.2 Å². The summed E-state index contributed by atoms with van der Waals surface area (Å²) in [6, 6.07) is 8.14. The lowest BCUT2D eigenvalue weighted by Gasteiger charge is -2.21. The third-order valence-electron chi connectivity index (χ3n) is 5.51. The van der Waals surface area contributed by atoms with Gasteiger partial charge in [0.05, 0.1) is 5.25 Å². The Morgan fingerprint density at radius 1 is 1.21 bits per heavy atom. The van der Waals surface area contributed by atoms with Gasteiger partial charge < -0.3 is 4.90 Å². The van der Waals surface area contributed by atoms with E-state index >= 15 is 0 Å². The van der Waals surface area contributed by atoms with E-state index in [1.807, 2.05) is 17.0 Å². The van der Waals surface area contributed by atoms with E-state index in [9.17, 15) is 13.2 Å². The summed E-state index contributed by atoms with van der Waals surface area (Å²) in [6.45, 7) is 3.89. The van der Waals surface area contributed by atoms with E-state index in [1.165, 1.54) is 15.4 Å². The predicted molar refractivity (Wildman–Crippen MR) is 94.1 cm³/mol. The van der Waals surface area contributed by atoms with E-state index in [4.69, 9.17) is 0 Å². The van der Waals surface area contributed by atoms with Crippen molar-refractivity contribution in [3.8, 4) is 0 Å². The van der Waals surface area contributed by atoms with Crippen LogP contribution in [0.2, 0.25) is 0 Å². The van der Waals surface area contributed by atoms with Crippen molar-refractivity contribution in [1.82, 2.24) is 9.21 Å². The lowest BCUT2D eigenvalue weighted by molar-refractivity contribution is -0.131. The van der Waals surface area contributed by atoms with E-state index in [2.05, 4.69) is 19.1 Å². The second-order valence-corrected chi connectivity index (χ2v) is 9.27. The second-order valence-electron chi connectivity index (χ2n) is 7.01. The molecule has 0 aliphatic carbocycles. The van der Waals surface area contributed by atoms with Crippen LogP contribution in [0.4, 0.5) is 0 Å². The highest BCUT2D eigenvalue weighted by Gasteiger charge is 2.45. The van der Waals surface area contributed by atoms with E-state index in [1.54, 1.807) is 7.05 Å². The van der Waals surface area contributed by atoms with Gasteiger partial charge in [-0.05, 0) is 43.2 Å². The van der Waals surface area contributed by atoms with Crippen molar-refractivity contribution in [2.75, 3.05) is 26.7 Å². The molecule has 3 rings (SSSR count). The van der Waals surface area contributed by atoms with Crippen LogP contribution in [0.15, 0.2) is 24.3 Å². The number of hydrogen-bond acceptors (Lipinski definition) is 3. The normalized spacial score (nSPS) is 26.8. The van der Waals surface area contributed by atoms with Crippen LogP contribution in [-0.4, -0.2) is 55.5 Å². The molecule has 2 saturated heterocycles. The molecule has 0 radical (unpaired) electrons. The number of hydrogen-bond donors (Lipinski definition) is 0. The van der Waals surface area contributed by atoms with Gasteiger partial charge in [0.25, 0.3) is 0 Å². The Labute approximate surface area is 144 Å². The molecular formula is C18H26N2O3S. The smallest absolute Gasteiger partial charge is 0.222 e. The molecular weight excluding hydrogens is 324 g/mol. The average molecular weight is 350 g/mol. The Morgan fingerprint density at radius 3 is 2.67 bits per heavy atom. The van der Waals surface area contributed by atoms with Crippen molar-refractivity contribution >= 4 is 15.9 Å². The van der Waals surface area contributed by atoms with Crippen LogP contribution in [0.1, 0.15) is 30.4 Å². The molecule has 2 aliphatic heterocycles. The maximum Gasteiger partial charge on any atom is 0.222 e. The monoisotopic (exact) mass is 350 g/mol. The number of carbonyl (C=O) groups is 1. The molecule has 24 heavy (non-hydrogen) atoms. The van der Waals surface area contributed by atoms with Gasteiger partial charge in [-0.3, -0.25) is 4.79 Å². The third kappa shape index (κ3) is 3.35. The molecule has 6 heteroatoms. The second kappa shape index (κ2) is 6.84. The Bertz CT molecular complexity index is 717. The van der Waals surface area contributed by atoms with Gasteiger partial charge in [-0.1, -0.05) is 24.3 Å². The van der Waals surface area contributed by atoms with Crippen LogP contribution in [0.3, 0.4) is 0 Å². The molecule has 0 N–H and O–H groups in total. The molecule has 1 aromatic carbocycles. The van der Waals surface area contributed by atoms with Gasteiger partial charge in [-0.25, -0.2) is 12.7 Å². The Balaban J connectivity index is 1.59. The maximum atomic E-state index is 12.5. The van der Waals surface area contributed by atoms with Crippen molar-refractivity contribution < 1.29 is 13.2 Å². The summed E-state index contributed by atoms with van der Waals surface area (Å²) in [7, 11) is -1.50. The van der Waals surface area contributed by atoms with E-state index < -0.39 is 10.0 Å². The van der Waals surface area contributed by atoms with Crippen LogP contribution in [0, 0.1) is 12.8 Å². The highest BCUT2D eigenvalue weighted by Crippen LogP contribution is 2.33. The molecule has 5 nitrogen and oxygen atoms in total. The number of amides is 1. The molecule has 132 valence electrons. The van der Waals surface area contributed by atoms with Gasteiger partial charge in [0, 0.05) is 33.1 Å². The van der Waals surface area contributed by atoms with Crippen molar-refractivity contribution in [2.45, 2.75) is 37.9 Å². The molecule has 0 aromatic heterocycles. The first-order valence-electron chi connectivity index (χ1n) is 8.67. The van der Waals surface area contributed by atoms with E-state index in [0.717, 1.165) is 12.8 Å². The fourth-order valence-electron chi connectivity index (χ4n) is 3.94. The van der Waals surface area contributed by atoms with Crippen LogP contribution in [0.25, 0.3) is 0 Å². The summed E-state index contributed by atoms with van der Waals surface area (Å²) >= 11 is 0. The van der Waals surface area contributed by atoms with Gasteiger partial charge in [0.2, 0.25) is 15.9 Å². The van der Waals surface area contributed by atoms with Gasteiger partial charge in [0.15, 0.2) is 0 Å². The largest absolute Gasteiger partial charge is 0.343 e. The standard InChI is InChI=1S/C18H26N2O3S/c1-14-5-3-4-6-15(14)7-8-18(21)20-11-9-16-13-19(2)24(22,23)17(16)10-12-20/h3-6,16-17H,7-13H2,1-2H3/t16-,17-/m0/s1. The lowest BCUT2D eigenvalue weighted by atomic mass is 10.0. The fraction of sp³-hybridized carbons (Fsp3) is 0.611. The minimum Gasteiger partial charge on any atom is -0.343 e. The number of likely N-dealkylation sites (tertiary alicyclic amines) is 1. The van der Waals surface area contributed by atoms with Gasteiger partial charge in [-0.15, -0.1) is 0 Å². The molecule has 2 atom stereocenters. The summed E-state index contributed by atoms with van der Waals surface area (Å²) < 4.78 is 26.1. The molecule has 0 spiro atoms. The quantitative estimate of drug-likeness (QED) is 0.835. The molecule has 1 aromatic rings. The molecule has 0 unspecified atom stereocenters. The van der Waals surface area contributed by atoms with Crippen molar-refractivity contribution in [3.05, 3.63) is 35.4 Å². The van der Waals surface area contributed by atoms with Crippen LogP contribution in [0.5, 0.6) is 0 Å². The lowest BCUT2D eigenvalue weighted by Crippen LogP contribution is -2.34. The number of nitrogens with zero attached hydrogens (tertiary/aromatic N) is 2. The zero-order valence-corrected chi connectivity index (χ0v) is 15.3. The molecule has 0 saturated carbocycles. The number of rotatable bonds is 3. The molecule has 1 amide bonds. The van der Waals surface area contributed by atoms with Crippen molar-refractivity contribution in [1.29, 1.82) is 0 Å². The minimum absolute atomic E-state index is 0.143. The number of benzene rings is 1. The van der Waals surface area contributed by atoms with E-state index in [-0.39, 0.29) is 17.1 Å². The number of carbonyl (C=O) groups excluding carboxylic acids is 1. The zero-order chi connectivity index (χ0) is 17.3. The molecule has 2 fully saturated rings. The number of fused-ring (bicyclic) bond motifs is 1. The first kappa shape index (κ1) is 17.4. The summed E-state index contributed by atoms with van der Waals surface area (Å²) in [5, 5.41) is -0.309. The van der Waals surface area contributed by atoms with Crippen molar-refractivity contribution in [3.63, 3.8) is 0 Å². The Morgan fingerprint density at radius 2 is 1.92 bits per heavy atom. The SMILES string of the molecule is Cc1ccccc1CCC(=O)N1CC[C@H]2CN(C)S(=O)(=O)[C@H]2CC1. The molecule has 2 heterocycles. The predicted octanol–water partition coefficient (Wildman–Crippen LogP) is 1.81. The van der Waals surface area contributed by atoms with Crippen LogP contribution < -0.4 is 0 Å². The third-order valence-corrected chi connectivity index (χ3v) is 7.91. The van der Waals surface area contributed by atoms with Gasteiger partial charge >= 0.3 is 0 Å². The summed E-state index contributed by atoms with van der Waals surface area (Å²) in [5.41, 5.74) is 2.42. The summed E-state index contributed by atoms with van der Waals surface area (Å²) in [6.07, 6.45) is 2.58. The summed E-state index contributed by atoms with van der Waals surface area (Å²) in [4.78, 5) is 14.4. The zero-order valence-electron chi connectivity index (χ0n) is 14.4. The van der Waals surface area contributed by atoms with E-state index in [0.29, 0.717) is 32.5 Å². The Hall–Kier alpha value is -1.40. The highest BCUT2D eigenvalue weighted by molar-refractivity contribution is 7.90. The van der Waals surface area contributed by atoms with Crippen LogP contribution >= 0.6 is 0 Å². The van der Waals surface area contributed by atoms with Crippen molar-refractivity contribution in [2.24, 2.45) is 5.92 Å². The molecule has 0 bridgehead atoms. The van der Waals surface area contributed by atoms with Gasteiger partial charge in [-0.2, -0.15) is 0 Å². The summed E-state index contributed by atoms with van der Waals surface area (Å²) in [5.74, 6) is 0.304. The topological polar surface area (TPSA) is 57.7 Å².